The zero-order valence-electron chi connectivity index (χ0n) is 7.93. The lowest BCUT2D eigenvalue weighted by Gasteiger charge is -2.04. The van der Waals surface area contributed by atoms with Crippen molar-refractivity contribution >= 4 is 11.8 Å². The highest BCUT2D eigenvalue weighted by Crippen LogP contribution is 1.84. The standard InChI is InChI=1S/C8H17N3O2/c1-2-10-8(13)6-11-7(12)4-3-5-9/h2-6,9H2,1H3,(H,10,13)(H,11,12). The number of carbonyl (C=O) groups is 2. The molecule has 0 aromatic heterocycles. The van der Waals surface area contributed by atoms with E-state index in [1.54, 1.807) is 0 Å². The van der Waals surface area contributed by atoms with Crippen LogP contribution < -0.4 is 16.4 Å². The summed E-state index contributed by atoms with van der Waals surface area (Å²) in [6.45, 7) is 2.96. The lowest BCUT2D eigenvalue weighted by Crippen LogP contribution is -2.36. The summed E-state index contributed by atoms with van der Waals surface area (Å²) < 4.78 is 0. The highest BCUT2D eigenvalue weighted by atomic mass is 16.2. The fourth-order valence-corrected chi connectivity index (χ4v) is 0.790. The molecule has 5 nitrogen and oxygen atoms in total. The van der Waals surface area contributed by atoms with Gasteiger partial charge in [0.05, 0.1) is 6.54 Å². The Labute approximate surface area is 78.1 Å². The van der Waals surface area contributed by atoms with E-state index in [9.17, 15) is 9.59 Å². The molecule has 0 aromatic carbocycles. The van der Waals surface area contributed by atoms with E-state index in [0.29, 0.717) is 25.9 Å². The van der Waals surface area contributed by atoms with Crippen LogP contribution in [0.4, 0.5) is 0 Å². The Morgan fingerprint density at radius 1 is 1.23 bits per heavy atom. The average Bonchev–Trinajstić information content (AvgIpc) is 2.12. The zero-order chi connectivity index (χ0) is 10.1. The van der Waals surface area contributed by atoms with Gasteiger partial charge in [0.15, 0.2) is 0 Å². The first kappa shape index (κ1) is 11.9. The van der Waals surface area contributed by atoms with Gasteiger partial charge in [-0.15, -0.1) is 0 Å². The SMILES string of the molecule is CCNC(=O)CNC(=O)CCCN. The van der Waals surface area contributed by atoms with Crippen LogP contribution in [0.1, 0.15) is 19.8 Å². The number of nitrogens with one attached hydrogen (secondary N) is 2. The van der Waals surface area contributed by atoms with Gasteiger partial charge in [-0.3, -0.25) is 9.59 Å². The summed E-state index contributed by atoms with van der Waals surface area (Å²) in [5, 5.41) is 5.07. The summed E-state index contributed by atoms with van der Waals surface area (Å²) in [4.78, 5) is 21.8. The molecule has 0 aliphatic heterocycles. The Morgan fingerprint density at radius 2 is 1.92 bits per heavy atom. The molecule has 0 bridgehead atoms. The predicted molar refractivity (Wildman–Crippen MR) is 50.0 cm³/mol. The molecule has 5 heteroatoms. The van der Waals surface area contributed by atoms with Crippen LogP contribution in [0.25, 0.3) is 0 Å². The van der Waals surface area contributed by atoms with Crippen LogP contribution in [0.3, 0.4) is 0 Å². The van der Waals surface area contributed by atoms with Crippen LogP contribution in [0, 0.1) is 0 Å². The van der Waals surface area contributed by atoms with Gasteiger partial charge in [0.2, 0.25) is 11.8 Å². The van der Waals surface area contributed by atoms with Crippen molar-refractivity contribution in [3.05, 3.63) is 0 Å². The first-order valence-electron chi connectivity index (χ1n) is 4.44. The molecular weight excluding hydrogens is 170 g/mol. The van der Waals surface area contributed by atoms with E-state index >= 15 is 0 Å². The Hall–Kier alpha value is -1.10. The molecule has 0 radical (unpaired) electrons. The van der Waals surface area contributed by atoms with Crippen LogP contribution in [0.15, 0.2) is 0 Å². The second-order valence-corrected chi connectivity index (χ2v) is 2.62. The van der Waals surface area contributed by atoms with Gasteiger partial charge in [-0.25, -0.2) is 0 Å². The van der Waals surface area contributed by atoms with E-state index in [-0.39, 0.29) is 18.4 Å². The largest absolute Gasteiger partial charge is 0.355 e. The predicted octanol–water partition coefficient (Wildman–Crippen LogP) is -1.02. The smallest absolute Gasteiger partial charge is 0.239 e. The minimum atomic E-state index is -0.163. The van der Waals surface area contributed by atoms with Crippen molar-refractivity contribution in [2.75, 3.05) is 19.6 Å². The second kappa shape index (κ2) is 7.54. The van der Waals surface area contributed by atoms with Crippen molar-refractivity contribution in [3.8, 4) is 0 Å². The normalized spacial score (nSPS) is 9.38. The summed E-state index contributed by atoms with van der Waals surface area (Å²) in [7, 11) is 0. The second-order valence-electron chi connectivity index (χ2n) is 2.62. The number of amides is 2. The monoisotopic (exact) mass is 187 g/mol. The molecule has 76 valence electrons. The van der Waals surface area contributed by atoms with Crippen LogP contribution in [0.2, 0.25) is 0 Å². The molecule has 0 aliphatic carbocycles. The van der Waals surface area contributed by atoms with E-state index in [1.165, 1.54) is 0 Å². The molecule has 0 heterocycles. The lowest BCUT2D eigenvalue weighted by atomic mass is 10.3. The van der Waals surface area contributed by atoms with Crippen molar-refractivity contribution in [1.29, 1.82) is 0 Å². The number of hydrogen-bond acceptors (Lipinski definition) is 3. The third kappa shape index (κ3) is 7.27. The van der Waals surface area contributed by atoms with Gasteiger partial charge in [-0.2, -0.15) is 0 Å². The molecule has 0 saturated carbocycles. The maximum absolute atomic E-state index is 11.0. The average molecular weight is 187 g/mol. The number of carbonyl (C=O) groups excluding carboxylic acids is 2. The van der Waals surface area contributed by atoms with Gasteiger partial charge >= 0.3 is 0 Å². The fraction of sp³-hybridized carbons (Fsp3) is 0.750. The Morgan fingerprint density at radius 3 is 2.46 bits per heavy atom. The first-order valence-corrected chi connectivity index (χ1v) is 4.44. The minimum absolute atomic E-state index is 0.0528. The lowest BCUT2D eigenvalue weighted by molar-refractivity contribution is -0.126. The van der Waals surface area contributed by atoms with Gasteiger partial charge in [0.1, 0.15) is 0 Å². The van der Waals surface area contributed by atoms with Gasteiger partial charge in [-0.1, -0.05) is 0 Å². The summed E-state index contributed by atoms with van der Waals surface area (Å²) >= 11 is 0. The van der Waals surface area contributed by atoms with Crippen molar-refractivity contribution in [3.63, 3.8) is 0 Å². The molecule has 0 unspecified atom stereocenters. The maximum atomic E-state index is 11.0. The summed E-state index contributed by atoms with van der Waals surface area (Å²) in [5.74, 6) is -0.291. The van der Waals surface area contributed by atoms with E-state index in [4.69, 9.17) is 5.73 Å². The Balaban J connectivity index is 3.40. The maximum Gasteiger partial charge on any atom is 0.239 e. The van der Waals surface area contributed by atoms with Crippen LogP contribution >= 0.6 is 0 Å². The molecule has 0 aliphatic rings. The van der Waals surface area contributed by atoms with Crippen molar-refractivity contribution in [1.82, 2.24) is 10.6 Å². The number of hydrogen-bond donors (Lipinski definition) is 3. The zero-order valence-corrected chi connectivity index (χ0v) is 7.93. The van der Waals surface area contributed by atoms with Crippen molar-refractivity contribution in [2.45, 2.75) is 19.8 Å². The fourth-order valence-electron chi connectivity index (χ4n) is 0.790. The molecule has 0 saturated heterocycles. The molecule has 13 heavy (non-hydrogen) atoms. The van der Waals surface area contributed by atoms with Crippen LogP contribution in [-0.2, 0) is 9.59 Å². The van der Waals surface area contributed by atoms with Gasteiger partial charge < -0.3 is 16.4 Å². The summed E-state index contributed by atoms with van der Waals surface area (Å²) in [6, 6.07) is 0. The number of rotatable bonds is 6. The van der Waals surface area contributed by atoms with Crippen molar-refractivity contribution in [2.24, 2.45) is 5.73 Å². The van der Waals surface area contributed by atoms with E-state index in [2.05, 4.69) is 10.6 Å². The third-order valence-electron chi connectivity index (χ3n) is 1.43. The number of nitrogens with two attached hydrogens (primary N) is 1. The first-order chi connectivity index (χ1) is 6.20. The molecule has 4 N–H and O–H groups in total. The van der Waals surface area contributed by atoms with Gasteiger partial charge in [0, 0.05) is 13.0 Å². The third-order valence-corrected chi connectivity index (χ3v) is 1.43. The topological polar surface area (TPSA) is 84.2 Å². The van der Waals surface area contributed by atoms with E-state index in [1.807, 2.05) is 6.92 Å². The van der Waals surface area contributed by atoms with Gasteiger partial charge in [-0.05, 0) is 19.9 Å². The molecule has 0 spiro atoms. The van der Waals surface area contributed by atoms with Crippen LogP contribution in [0.5, 0.6) is 0 Å². The molecule has 0 rings (SSSR count). The molecule has 0 atom stereocenters. The number of likely N-dealkylation sites (N-methyl/N-ethyl adjacent to an activating group) is 1. The van der Waals surface area contributed by atoms with E-state index < -0.39 is 0 Å². The van der Waals surface area contributed by atoms with Crippen molar-refractivity contribution < 1.29 is 9.59 Å². The van der Waals surface area contributed by atoms with E-state index in [0.717, 1.165) is 0 Å². The molecular formula is C8H17N3O2. The molecule has 0 aromatic rings. The highest BCUT2D eigenvalue weighted by molar-refractivity contribution is 5.84. The Bertz CT molecular complexity index is 171. The Kier molecular flexibility index (Phi) is 6.91. The molecule has 2 amide bonds. The van der Waals surface area contributed by atoms with Crippen LogP contribution in [-0.4, -0.2) is 31.4 Å². The summed E-state index contributed by atoms with van der Waals surface area (Å²) in [5.41, 5.74) is 5.22. The highest BCUT2D eigenvalue weighted by Gasteiger charge is 2.02. The minimum Gasteiger partial charge on any atom is -0.355 e. The summed E-state index contributed by atoms with van der Waals surface area (Å²) in [6.07, 6.45) is 1.04. The van der Waals surface area contributed by atoms with Gasteiger partial charge in [0.25, 0.3) is 0 Å². The molecule has 0 fully saturated rings. The quantitative estimate of drug-likeness (QED) is 0.497.